The fourth-order valence-electron chi connectivity index (χ4n) is 2.84. The first kappa shape index (κ1) is 15.4. The normalized spacial score (nSPS) is 15.4. The third kappa shape index (κ3) is 3.66. The van der Waals surface area contributed by atoms with Crippen LogP contribution >= 0.6 is 0 Å². The lowest BCUT2D eigenvalue weighted by Crippen LogP contribution is -2.46. The Morgan fingerprint density at radius 3 is 2.61 bits per heavy atom. The second-order valence-electron chi connectivity index (χ2n) is 5.76. The topological polar surface area (TPSA) is 56.0 Å². The molecule has 3 rings (SSSR count). The number of hydrogen-bond acceptors (Lipinski definition) is 5. The minimum Gasteiger partial charge on any atom is -0.353 e. The largest absolute Gasteiger partial charge is 0.353 e. The Morgan fingerprint density at radius 1 is 1.13 bits per heavy atom. The molecule has 0 unspecified atom stereocenters. The summed E-state index contributed by atoms with van der Waals surface area (Å²) in [6.07, 6.45) is 4.75. The molecular formula is C18H21N5. The number of nitrogens with zero attached hydrogens (tertiary/aromatic N) is 5. The molecule has 5 nitrogen and oxygen atoms in total. The lowest BCUT2D eigenvalue weighted by molar-refractivity contribution is 0.246. The van der Waals surface area contributed by atoms with Gasteiger partial charge in [0.15, 0.2) is 0 Å². The van der Waals surface area contributed by atoms with Crippen LogP contribution in [-0.4, -0.2) is 41.0 Å². The maximum absolute atomic E-state index is 9.20. The van der Waals surface area contributed by atoms with Crippen LogP contribution in [0.25, 0.3) is 0 Å². The van der Waals surface area contributed by atoms with Crippen LogP contribution in [0.2, 0.25) is 0 Å². The van der Waals surface area contributed by atoms with Crippen LogP contribution in [0.4, 0.5) is 5.82 Å². The lowest BCUT2D eigenvalue weighted by Gasteiger charge is -2.35. The van der Waals surface area contributed by atoms with E-state index in [0.29, 0.717) is 5.56 Å². The third-order valence-corrected chi connectivity index (χ3v) is 4.26. The number of piperazine rings is 1. The van der Waals surface area contributed by atoms with Gasteiger partial charge in [-0.25, -0.2) is 4.98 Å². The highest BCUT2D eigenvalue weighted by molar-refractivity contribution is 5.53. The van der Waals surface area contributed by atoms with Gasteiger partial charge in [-0.2, -0.15) is 5.26 Å². The standard InChI is InChI=1S/C18H21N5/c1-2-15-5-6-17(21-13-15)14-22-8-10-23(11-9-22)18-16(12-19)4-3-7-20-18/h3-7,13H,2,8-11,14H2,1H3. The van der Waals surface area contributed by atoms with Crippen molar-refractivity contribution in [1.29, 1.82) is 5.26 Å². The van der Waals surface area contributed by atoms with Crippen molar-refractivity contribution in [1.82, 2.24) is 14.9 Å². The summed E-state index contributed by atoms with van der Waals surface area (Å²) in [5.41, 5.74) is 3.04. The summed E-state index contributed by atoms with van der Waals surface area (Å²) in [5, 5.41) is 9.20. The molecule has 0 bridgehead atoms. The van der Waals surface area contributed by atoms with Gasteiger partial charge in [-0.3, -0.25) is 9.88 Å². The molecular weight excluding hydrogens is 286 g/mol. The van der Waals surface area contributed by atoms with Gasteiger partial charge in [0.1, 0.15) is 11.9 Å². The first-order valence-corrected chi connectivity index (χ1v) is 8.06. The molecule has 1 saturated heterocycles. The van der Waals surface area contributed by atoms with Gasteiger partial charge >= 0.3 is 0 Å². The third-order valence-electron chi connectivity index (χ3n) is 4.26. The Morgan fingerprint density at radius 2 is 1.96 bits per heavy atom. The summed E-state index contributed by atoms with van der Waals surface area (Å²) < 4.78 is 0. The monoisotopic (exact) mass is 307 g/mol. The molecule has 0 N–H and O–H groups in total. The maximum Gasteiger partial charge on any atom is 0.146 e. The minimum absolute atomic E-state index is 0.651. The summed E-state index contributed by atoms with van der Waals surface area (Å²) in [4.78, 5) is 13.5. The zero-order valence-corrected chi connectivity index (χ0v) is 13.4. The van der Waals surface area contributed by atoms with Gasteiger partial charge in [-0.05, 0) is 30.2 Å². The second-order valence-corrected chi connectivity index (χ2v) is 5.76. The van der Waals surface area contributed by atoms with Crippen molar-refractivity contribution >= 4 is 5.82 Å². The molecule has 1 fully saturated rings. The van der Waals surface area contributed by atoms with Crippen molar-refractivity contribution in [3.05, 3.63) is 53.5 Å². The summed E-state index contributed by atoms with van der Waals surface area (Å²) in [6, 6.07) is 10.1. The highest BCUT2D eigenvalue weighted by Gasteiger charge is 2.20. The number of rotatable bonds is 4. The van der Waals surface area contributed by atoms with Gasteiger partial charge in [-0.15, -0.1) is 0 Å². The van der Waals surface area contributed by atoms with E-state index < -0.39 is 0 Å². The number of nitriles is 1. The Bertz CT molecular complexity index is 681. The molecule has 3 heterocycles. The van der Waals surface area contributed by atoms with Crippen LogP contribution < -0.4 is 4.90 Å². The van der Waals surface area contributed by atoms with Crippen LogP contribution in [0.15, 0.2) is 36.7 Å². The van der Waals surface area contributed by atoms with E-state index in [-0.39, 0.29) is 0 Å². The highest BCUT2D eigenvalue weighted by atomic mass is 15.3. The van der Waals surface area contributed by atoms with Gasteiger partial charge in [0, 0.05) is 45.1 Å². The Hall–Kier alpha value is -2.45. The van der Waals surface area contributed by atoms with Crippen LogP contribution in [0.1, 0.15) is 23.7 Å². The van der Waals surface area contributed by atoms with Gasteiger partial charge in [0.2, 0.25) is 0 Å². The van der Waals surface area contributed by atoms with Crippen LogP contribution in [-0.2, 0) is 13.0 Å². The fraction of sp³-hybridized carbons (Fsp3) is 0.389. The van der Waals surface area contributed by atoms with Crippen molar-refractivity contribution in [2.75, 3.05) is 31.1 Å². The molecule has 0 amide bonds. The fourth-order valence-corrected chi connectivity index (χ4v) is 2.84. The lowest BCUT2D eigenvalue weighted by atomic mass is 10.2. The molecule has 5 heteroatoms. The van der Waals surface area contributed by atoms with Gasteiger partial charge in [0.05, 0.1) is 11.3 Å². The van der Waals surface area contributed by atoms with E-state index in [0.717, 1.165) is 50.7 Å². The van der Waals surface area contributed by atoms with Crippen LogP contribution in [0, 0.1) is 11.3 Å². The second kappa shape index (κ2) is 7.21. The summed E-state index contributed by atoms with van der Waals surface area (Å²) in [6.45, 7) is 6.71. The number of hydrogen-bond donors (Lipinski definition) is 0. The molecule has 0 aliphatic carbocycles. The zero-order valence-electron chi connectivity index (χ0n) is 13.4. The average molecular weight is 307 g/mol. The molecule has 2 aromatic heterocycles. The summed E-state index contributed by atoms with van der Waals surface area (Å²) >= 11 is 0. The number of anilines is 1. The van der Waals surface area contributed by atoms with Crippen LogP contribution in [0.3, 0.4) is 0 Å². The predicted octanol–water partition coefficient (Wildman–Crippen LogP) is 2.23. The van der Waals surface area contributed by atoms with E-state index in [1.807, 2.05) is 18.3 Å². The SMILES string of the molecule is CCc1ccc(CN2CCN(c3ncccc3C#N)CC2)nc1. The van der Waals surface area contributed by atoms with E-state index in [9.17, 15) is 5.26 Å². The van der Waals surface area contributed by atoms with Gasteiger partial charge in [-0.1, -0.05) is 13.0 Å². The number of aryl methyl sites for hydroxylation is 1. The minimum atomic E-state index is 0.651. The Kier molecular flexibility index (Phi) is 4.84. The van der Waals surface area contributed by atoms with Crippen LogP contribution in [0.5, 0.6) is 0 Å². The smallest absolute Gasteiger partial charge is 0.146 e. The molecule has 23 heavy (non-hydrogen) atoms. The maximum atomic E-state index is 9.20. The number of pyridine rings is 2. The van der Waals surface area contributed by atoms with E-state index in [1.165, 1.54) is 5.56 Å². The van der Waals surface area contributed by atoms with Gasteiger partial charge < -0.3 is 4.90 Å². The van der Waals surface area contributed by atoms with Crippen molar-refractivity contribution in [2.45, 2.75) is 19.9 Å². The molecule has 1 aliphatic heterocycles. The molecule has 1 aliphatic rings. The molecule has 0 aromatic carbocycles. The Balaban J connectivity index is 1.59. The molecule has 2 aromatic rings. The first-order valence-electron chi connectivity index (χ1n) is 8.06. The van der Waals surface area contributed by atoms with Crippen molar-refractivity contribution in [2.24, 2.45) is 0 Å². The molecule has 0 spiro atoms. The van der Waals surface area contributed by atoms with Gasteiger partial charge in [0.25, 0.3) is 0 Å². The van der Waals surface area contributed by atoms with Crippen molar-refractivity contribution in [3.8, 4) is 6.07 Å². The molecule has 0 atom stereocenters. The summed E-state index contributed by atoms with van der Waals surface area (Å²) in [7, 11) is 0. The van der Waals surface area contributed by atoms with E-state index in [1.54, 1.807) is 6.20 Å². The molecule has 118 valence electrons. The zero-order chi connectivity index (χ0) is 16.1. The van der Waals surface area contributed by atoms with Crippen molar-refractivity contribution in [3.63, 3.8) is 0 Å². The highest BCUT2D eigenvalue weighted by Crippen LogP contribution is 2.18. The predicted molar refractivity (Wildman–Crippen MR) is 90.1 cm³/mol. The van der Waals surface area contributed by atoms with E-state index in [4.69, 9.17) is 0 Å². The van der Waals surface area contributed by atoms with Crippen molar-refractivity contribution < 1.29 is 0 Å². The Labute approximate surface area is 137 Å². The van der Waals surface area contributed by atoms with E-state index >= 15 is 0 Å². The molecule has 0 saturated carbocycles. The molecule has 0 radical (unpaired) electrons. The average Bonchev–Trinajstić information content (AvgIpc) is 2.63. The summed E-state index contributed by atoms with van der Waals surface area (Å²) in [5.74, 6) is 0.806. The number of aromatic nitrogens is 2. The quantitative estimate of drug-likeness (QED) is 0.867. The first-order chi connectivity index (χ1) is 11.3. The van der Waals surface area contributed by atoms with E-state index in [2.05, 4.69) is 44.9 Å².